The second-order valence-corrected chi connectivity index (χ2v) is 6.59. The fraction of sp³-hybridized carbons (Fsp3) is 0.0500. The molecule has 0 aliphatic carbocycles. The Kier molecular flexibility index (Phi) is 6.47. The third kappa shape index (κ3) is 5.22. The Morgan fingerprint density at radius 3 is 2.32 bits per heavy atom. The van der Waals surface area contributed by atoms with E-state index in [-0.39, 0.29) is 21.4 Å². The highest BCUT2D eigenvalue weighted by Crippen LogP contribution is 2.25. The maximum absolute atomic E-state index is 12.4. The van der Waals surface area contributed by atoms with E-state index >= 15 is 0 Å². The van der Waals surface area contributed by atoms with E-state index in [0.717, 1.165) is 5.56 Å². The van der Waals surface area contributed by atoms with Crippen molar-refractivity contribution in [2.45, 2.75) is 6.54 Å². The van der Waals surface area contributed by atoms with Crippen LogP contribution in [0.1, 0.15) is 15.9 Å². The Bertz CT molecular complexity index is 976. The van der Waals surface area contributed by atoms with Crippen LogP contribution < -0.4 is 16.0 Å². The van der Waals surface area contributed by atoms with E-state index < -0.39 is 11.9 Å². The van der Waals surface area contributed by atoms with E-state index in [1.807, 2.05) is 30.3 Å². The van der Waals surface area contributed by atoms with Gasteiger partial charge in [0.1, 0.15) is 5.82 Å². The van der Waals surface area contributed by atoms with Gasteiger partial charge in [0.25, 0.3) is 5.91 Å². The normalized spacial score (nSPS) is 10.2. The second kappa shape index (κ2) is 9.21. The Balaban J connectivity index is 1.62. The molecule has 3 rings (SSSR count). The molecule has 8 heteroatoms. The van der Waals surface area contributed by atoms with Crippen molar-refractivity contribution in [1.29, 1.82) is 0 Å². The van der Waals surface area contributed by atoms with Crippen LogP contribution >= 0.6 is 23.2 Å². The largest absolute Gasteiger partial charge is 0.334 e. The minimum absolute atomic E-state index is 0.178. The molecule has 3 aromatic rings. The van der Waals surface area contributed by atoms with E-state index in [0.29, 0.717) is 12.2 Å². The summed E-state index contributed by atoms with van der Waals surface area (Å²) >= 11 is 12.1. The third-order valence-electron chi connectivity index (χ3n) is 3.75. The fourth-order valence-electron chi connectivity index (χ4n) is 2.42. The van der Waals surface area contributed by atoms with Crippen LogP contribution in [0, 0.1) is 0 Å². The molecule has 1 heterocycles. The smallest absolute Gasteiger partial charge is 0.320 e. The number of hydrogen-bond donors (Lipinski definition) is 3. The Labute approximate surface area is 171 Å². The van der Waals surface area contributed by atoms with Gasteiger partial charge in [-0.3, -0.25) is 10.1 Å². The number of nitrogens with one attached hydrogen (secondary N) is 3. The Morgan fingerprint density at radius 2 is 1.61 bits per heavy atom. The summed E-state index contributed by atoms with van der Waals surface area (Å²) in [6.07, 6.45) is 1.47. The molecule has 3 N–H and O–H groups in total. The summed E-state index contributed by atoms with van der Waals surface area (Å²) in [6.45, 7) is 0.383. The van der Waals surface area contributed by atoms with Crippen molar-refractivity contribution >= 4 is 46.6 Å². The topological polar surface area (TPSA) is 83.1 Å². The average Bonchev–Trinajstić information content (AvgIpc) is 2.67. The summed E-state index contributed by atoms with van der Waals surface area (Å²) in [7, 11) is 0. The van der Waals surface area contributed by atoms with E-state index in [4.69, 9.17) is 23.2 Å². The number of amides is 3. The predicted molar refractivity (Wildman–Crippen MR) is 111 cm³/mol. The number of hydrogen-bond acceptors (Lipinski definition) is 3. The van der Waals surface area contributed by atoms with Crippen LogP contribution in [0.25, 0.3) is 0 Å². The molecule has 142 valence electrons. The molecule has 0 spiro atoms. The van der Waals surface area contributed by atoms with Crippen LogP contribution in [-0.2, 0) is 6.54 Å². The number of anilines is 2. The summed E-state index contributed by atoms with van der Waals surface area (Å²) in [5.74, 6) is -0.171. The van der Waals surface area contributed by atoms with E-state index in [9.17, 15) is 9.59 Å². The molecular formula is C20H16Cl2N4O2. The number of benzene rings is 2. The number of aromatic nitrogens is 1. The average molecular weight is 415 g/mol. The molecule has 28 heavy (non-hydrogen) atoms. The molecule has 0 radical (unpaired) electrons. The van der Waals surface area contributed by atoms with Crippen LogP contribution in [-0.4, -0.2) is 16.9 Å². The van der Waals surface area contributed by atoms with Crippen molar-refractivity contribution in [2.24, 2.45) is 0 Å². The van der Waals surface area contributed by atoms with Gasteiger partial charge in [-0.15, -0.1) is 0 Å². The van der Waals surface area contributed by atoms with Crippen LogP contribution in [0.4, 0.5) is 16.3 Å². The minimum Gasteiger partial charge on any atom is -0.334 e. The highest BCUT2D eigenvalue weighted by molar-refractivity contribution is 6.40. The predicted octanol–water partition coefficient (Wildman–Crippen LogP) is 4.96. The summed E-state index contributed by atoms with van der Waals surface area (Å²) in [5, 5.41) is 8.55. The highest BCUT2D eigenvalue weighted by Gasteiger charge is 2.15. The van der Waals surface area contributed by atoms with Gasteiger partial charge in [0.2, 0.25) is 0 Å². The Hall–Kier alpha value is -3.09. The summed E-state index contributed by atoms with van der Waals surface area (Å²) in [5.41, 5.74) is 1.59. The van der Waals surface area contributed by atoms with Gasteiger partial charge in [-0.1, -0.05) is 59.6 Å². The zero-order valence-corrected chi connectivity index (χ0v) is 16.1. The molecule has 2 aromatic carbocycles. The fourth-order valence-corrected chi connectivity index (χ4v) is 2.99. The van der Waals surface area contributed by atoms with Gasteiger partial charge in [0.15, 0.2) is 0 Å². The molecular weight excluding hydrogens is 399 g/mol. The van der Waals surface area contributed by atoms with Gasteiger partial charge in [0.05, 0.1) is 15.6 Å². The minimum atomic E-state index is -0.457. The number of halogens is 2. The molecule has 0 saturated carbocycles. The van der Waals surface area contributed by atoms with E-state index in [1.165, 1.54) is 12.3 Å². The molecule has 3 amide bonds. The highest BCUT2D eigenvalue weighted by atomic mass is 35.5. The maximum atomic E-state index is 12.4. The first-order chi connectivity index (χ1) is 13.5. The summed E-state index contributed by atoms with van der Waals surface area (Å²) in [4.78, 5) is 28.6. The van der Waals surface area contributed by atoms with Crippen molar-refractivity contribution in [3.05, 3.63) is 88.0 Å². The lowest BCUT2D eigenvalue weighted by Gasteiger charge is -2.10. The molecule has 0 atom stereocenters. The maximum Gasteiger partial charge on any atom is 0.320 e. The third-order valence-corrected chi connectivity index (χ3v) is 4.38. The van der Waals surface area contributed by atoms with Crippen LogP contribution in [0.2, 0.25) is 10.0 Å². The van der Waals surface area contributed by atoms with Crippen molar-refractivity contribution in [3.63, 3.8) is 0 Å². The van der Waals surface area contributed by atoms with E-state index in [1.54, 1.807) is 24.3 Å². The number of pyridine rings is 1. The number of rotatable bonds is 5. The lowest BCUT2D eigenvalue weighted by Crippen LogP contribution is -2.28. The van der Waals surface area contributed by atoms with Gasteiger partial charge >= 0.3 is 6.03 Å². The van der Waals surface area contributed by atoms with Crippen LogP contribution in [0.5, 0.6) is 0 Å². The first-order valence-corrected chi connectivity index (χ1v) is 9.09. The zero-order valence-electron chi connectivity index (χ0n) is 14.6. The molecule has 0 bridgehead atoms. The standard InChI is InChI=1S/C20H16Cl2N4O2/c21-15-7-4-8-16(22)18(15)19(27)25-14-9-10-23-17(11-14)26-20(28)24-12-13-5-2-1-3-6-13/h1-11H,12H2,(H3,23,24,25,26,27,28). The lowest BCUT2D eigenvalue weighted by atomic mass is 10.2. The number of carbonyl (C=O) groups is 2. The van der Waals surface area contributed by atoms with Crippen molar-refractivity contribution in [3.8, 4) is 0 Å². The molecule has 1 aromatic heterocycles. The molecule has 6 nitrogen and oxygen atoms in total. The van der Waals surface area contributed by atoms with E-state index in [2.05, 4.69) is 20.9 Å². The zero-order chi connectivity index (χ0) is 19.9. The molecule has 0 saturated heterocycles. The lowest BCUT2D eigenvalue weighted by molar-refractivity contribution is 0.102. The molecule has 0 aliphatic heterocycles. The van der Waals surface area contributed by atoms with Crippen molar-refractivity contribution < 1.29 is 9.59 Å². The number of nitrogens with zero attached hydrogens (tertiary/aromatic N) is 1. The molecule has 0 aliphatic rings. The quantitative estimate of drug-likeness (QED) is 0.551. The van der Waals surface area contributed by atoms with Gasteiger partial charge in [-0.2, -0.15) is 0 Å². The van der Waals surface area contributed by atoms with Crippen molar-refractivity contribution in [2.75, 3.05) is 10.6 Å². The summed E-state index contributed by atoms with van der Waals surface area (Å²) < 4.78 is 0. The van der Waals surface area contributed by atoms with Crippen molar-refractivity contribution in [1.82, 2.24) is 10.3 Å². The van der Waals surface area contributed by atoms with Gasteiger partial charge < -0.3 is 10.6 Å². The van der Waals surface area contributed by atoms with Gasteiger partial charge in [0, 0.05) is 24.5 Å². The number of urea groups is 1. The Morgan fingerprint density at radius 1 is 0.893 bits per heavy atom. The molecule has 0 unspecified atom stereocenters. The SMILES string of the molecule is O=C(NCc1ccccc1)Nc1cc(NC(=O)c2c(Cl)cccc2Cl)ccn1. The summed E-state index contributed by atoms with van der Waals surface area (Å²) in [6, 6.07) is 17.1. The molecule has 0 fully saturated rings. The first kappa shape index (κ1) is 19.7. The van der Waals surface area contributed by atoms with Gasteiger partial charge in [-0.05, 0) is 23.8 Å². The van der Waals surface area contributed by atoms with Gasteiger partial charge in [-0.25, -0.2) is 9.78 Å². The first-order valence-electron chi connectivity index (χ1n) is 8.33. The van der Waals surface area contributed by atoms with Crippen LogP contribution in [0.15, 0.2) is 66.9 Å². The second-order valence-electron chi connectivity index (χ2n) is 5.77. The number of carbonyl (C=O) groups excluding carboxylic acids is 2. The monoisotopic (exact) mass is 414 g/mol. The van der Waals surface area contributed by atoms with Crippen LogP contribution in [0.3, 0.4) is 0 Å².